The summed E-state index contributed by atoms with van der Waals surface area (Å²) in [5.74, 6) is -0.202. The van der Waals surface area contributed by atoms with E-state index >= 15 is 0 Å². The summed E-state index contributed by atoms with van der Waals surface area (Å²) in [6, 6.07) is 21.5. The van der Waals surface area contributed by atoms with E-state index in [1.54, 1.807) is 0 Å². The highest BCUT2D eigenvalue weighted by atomic mass is 16.6. The number of rotatable bonds is 4. The molecule has 5 rings (SSSR count). The van der Waals surface area contributed by atoms with Gasteiger partial charge in [-0.25, -0.2) is 0 Å². The number of amides is 1. The first kappa shape index (κ1) is 21.2. The molecule has 0 radical (unpaired) electrons. The summed E-state index contributed by atoms with van der Waals surface area (Å²) >= 11 is 0. The molecule has 2 bridgehead atoms. The third-order valence-corrected chi connectivity index (χ3v) is 8.80. The molecular formula is C27H33N2O3+. The van der Waals surface area contributed by atoms with Crippen LogP contribution in [0.25, 0.3) is 0 Å². The molecule has 3 fully saturated rings. The van der Waals surface area contributed by atoms with Crippen LogP contribution in [0.3, 0.4) is 0 Å². The van der Waals surface area contributed by atoms with Crippen LogP contribution in [0.5, 0.6) is 0 Å². The van der Waals surface area contributed by atoms with Crippen molar-refractivity contribution in [2.45, 2.75) is 45.3 Å². The Morgan fingerprint density at radius 1 is 0.906 bits per heavy atom. The van der Waals surface area contributed by atoms with Gasteiger partial charge in [-0.15, -0.1) is 0 Å². The zero-order chi connectivity index (χ0) is 22.6. The lowest BCUT2D eigenvalue weighted by Gasteiger charge is -2.42. The fraction of sp³-hybridized carbons (Fsp3) is 0.481. The van der Waals surface area contributed by atoms with Crippen molar-refractivity contribution in [3.8, 4) is 0 Å². The molecule has 0 aromatic heterocycles. The number of hydrogen-bond donors (Lipinski definition) is 1. The molecule has 1 amide bonds. The largest absolute Gasteiger partial charge is 0.448 e. The summed E-state index contributed by atoms with van der Waals surface area (Å²) in [7, 11) is 0. The number of piperazine rings is 1. The van der Waals surface area contributed by atoms with Crippen molar-refractivity contribution in [3.05, 3.63) is 71.8 Å². The number of fused-ring (bicyclic) bond motifs is 2. The smallest absolute Gasteiger partial charge is 0.313 e. The van der Waals surface area contributed by atoms with E-state index in [1.807, 2.05) is 25.7 Å². The van der Waals surface area contributed by atoms with Gasteiger partial charge in [-0.3, -0.25) is 9.59 Å². The summed E-state index contributed by atoms with van der Waals surface area (Å²) in [5, 5.41) is 0. The lowest BCUT2D eigenvalue weighted by molar-refractivity contribution is -0.929. The van der Waals surface area contributed by atoms with Crippen molar-refractivity contribution in [2.24, 2.45) is 10.8 Å². The zero-order valence-electron chi connectivity index (χ0n) is 19.3. The lowest BCUT2D eigenvalue weighted by atomic mass is 9.66. The number of quaternary nitrogens is 1. The highest BCUT2D eigenvalue weighted by molar-refractivity contribution is 5.96. The molecule has 0 unspecified atom stereocenters. The normalized spacial score (nSPS) is 29.4. The second-order valence-corrected chi connectivity index (χ2v) is 10.4. The Labute approximate surface area is 190 Å². The van der Waals surface area contributed by atoms with Gasteiger partial charge >= 0.3 is 5.97 Å². The molecular weight excluding hydrogens is 400 g/mol. The van der Waals surface area contributed by atoms with Gasteiger partial charge in [0.25, 0.3) is 5.91 Å². The van der Waals surface area contributed by atoms with Crippen LogP contribution >= 0.6 is 0 Å². The zero-order valence-corrected chi connectivity index (χ0v) is 19.3. The van der Waals surface area contributed by atoms with Crippen molar-refractivity contribution < 1.29 is 19.2 Å². The van der Waals surface area contributed by atoms with Crippen LogP contribution in [0.1, 0.15) is 50.8 Å². The van der Waals surface area contributed by atoms with Gasteiger partial charge in [-0.2, -0.15) is 0 Å². The van der Waals surface area contributed by atoms with Crippen LogP contribution in [-0.4, -0.2) is 48.6 Å². The Morgan fingerprint density at radius 3 is 1.88 bits per heavy atom. The third-order valence-electron chi connectivity index (χ3n) is 8.80. The Hall–Kier alpha value is -2.66. The SMILES string of the molecule is CC1(C)[C@@]2(C(=O)N3CC[NH+](C(c4ccccc4)c4ccccc4)CC3)CC[C@]1(C)C(=O)O2. The van der Waals surface area contributed by atoms with Gasteiger partial charge in [0.1, 0.15) is 6.04 Å². The Balaban J connectivity index is 1.36. The van der Waals surface area contributed by atoms with Crippen molar-refractivity contribution in [2.75, 3.05) is 26.2 Å². The summed E-state index contributed by atoms with van der Waals surface area (Å²) in [5.41, 5.74) is 0.527. The number of ether oxygens (including phenoxy) is 1. The van der Waals surface area contributed by atoms with Gasteiger partial charge in [0.05, 0.1) is 31.6 Å². The monoisotopic (exact) mass is 433 g/mol. The molecule has 32 heavy (non-hydrogen) atoms. The molecule has 2 atom stereocenters. The van der Waals surface area contributed by atoms with Gasteiger partial charge in [0, 0.05) is 16.5 Å². The van der Waals surface area contributed by atoms with E-state index in [2.05, 4.69) is 60.7 Å². The predicted octanol–water partition coefficient (Wildman–Crippen LogP) is 2.63. The minimum atomic E-state index is -1.01. The lowest BCUT2D eigenvalue weighted by Crippen LogP contribution is -3.15. The molecule has 2 saturated heterocycles. The van der Waals surface area contributed by atoms with Crippen molar-refractivity contribution >= 4 is 11.9 Å². The average Bonchev–Trinajstić information content (AvgIpc) is 3.11. The molecule has 2 heterocycles. The summed E-state index contributed by atoms with van der Waals surface area (Å²) in [6.07, 6.45) is 1.35. The quantitative estimate of drug-likeness (QED) is 0.755. The molecule has 5 nitrogen and oxygen atoms in total. The van der Waals surface area contributed by atoms with Crippen LogP contribution < -0.4 is 4.90 Å². The average molecular weight is 434 g/mol. The highest BCUT2D eigenvalue weighted by Gasteiger charge is 2.76. The van der Waals surface area contributed by atoms with Crippen molar-refractivity contribution in [3.63, 3.8) is 0 Å². The summed E-state index contributed by atoms with van der Waals surface area (Å²) in [6.45, 7) is 9.11. The van der Waals surface area contributed by atoms with Crippen LogP contribution in [0, 0.1) is 10.8 Å². The number of nitrogens with zero attached hydrogens (tertiary/aromatic N) is 1. The van der Waals surface area contributed by atoms with Gasteiger partial charge in [0.15, 0.2) is 5.60 Å². The molecule has 1 aliphatic carbocycles. The fourth-order valence-electron chi connectivity index (χ4n) is 6.22. The van der Waals surface area contributed by atoms with Crippen LogP contribution in [0.15, 0.2) is 60.7 Å². The first-order chi connectivity index (χ1) is 15.3. The molecule has 0 spiro atoms. The minimum absolute atomic E-state index is 0.00657. The maximum atomic E-state index is 13.7. The van der Waals surface area contributed by atoms with E-state index in [9.17, 15) is 9.59 Å². The van der Waals surface area contributed by atoms with E-state index in [4.69, 9.17) is 4.74 Å². The number of nitrogens with one attached hydrogen (secondary N) is 1. The standard InChI is InChI=1S/C27H32N2O3/c1-25(2)26(3)14-15-27(25,32-24(26)31)23(30)29-18-16-28(17-19-29)22(20-10-6-4-7-11-20)21-12-8-5-9-13-21/h4-13,22H,14-19H2,1-3H3/p+1/t26-,27+/m1/s1. The first-order valence-electron chi connectivity index (χ1n) is 11.8. The fourth-order valence-corrected chi connectivity index (χ4v) is 6.22. The molecule has 3 aliphatic rings. The molecule has 1 N–H and O–H groups in total. The summed E-state index contributed by atoms with van der Waals surface area (Å²) in [4.78, 5) is 29.8. The number of carbonyl (C=O) groups is 2. The third kappa shape index (κ3) is 2.87. The number of esters is 1. The Bertz CT molecular complexity index is 974. The molecule has 2 aliphatic heterocycles. The molecule has 1 saturated carbocycles. The Kier molecular flexibility index (Phi) is 4.93. The van der Waals surface area contributed by atoms with Gasteiger partial charge < -0.3 is 14.5 Å². The second kappa shape index (κ2) is 7.45. The molecule has 168 valence electrons. The van der Waals surface area contributed by atoms with E-state index < -0.39 is 16.4 Å². The van der Waals surface area contributed by atoms with Crippen LogP contribution in [0.2, 0.25) is 0 Å². The van der Waals surface area contributed by atoms with Crippen molar-refractivity contribution in [1.29, 1.82) is 0 Å². The first-order valence-corrected chi connectivity index (χ1v) is 11.8. The maximum Gasteiger partial charge on any atom is 0.313 e. The number of carbonyl (C=O) groups excluding carboxylic acids is 2. The van der Waals surface area contributed by atoms with E-state index in [0.29, 0.717) is 19.5 Å². The number of benzene rings is 2. The van der Waals surface area contributed by atoms with Gasteiger partial charge in [-0.05, 0) is 19.8 Å². The van der Waals surface area contributed by atoms with Gasteiger partial charge in [-0.1, -0.05) is 74.5 Å². The van der Waals surface area contributed by atoms with Gasteiger partial charge in [0.2, 0.25) is 0 Å². The molecule has 2 aromatic rings. The second-order valence-electron chi connectivity index (χ2n) is 10.4. The van der Waals surface area contributed by atoms with E-state index in [-0.39, 0.29) is 17.9 Å². The predicted molar refractivity (Wildman–Crippen MR) is 122 cm³/mol. The van der Waals surface area contributed by atoms with Crippen LogP contribution in [0.4, 0.5) is 0 Å². The molecule has 2 aromatic carbocycles. The van der Waals surface area contributed by atoms with E-state index in [1.165, 1.54) is 16.0 Å². The van der Waals surface area contributed by atoms with Crippen molar-refractivity contribution in [1.82, 2.24) is 4.90 Å². The summed E-state index contributed by atoms with van der Waals surface area (Å²) < 4.78 is 5.86. The molecule has 5 heteroatoms. The number of hydrogen-bond acceptors (Lipinski definition) is 3. The minimum Gasteiger partial charge on any atom is -0.448 e. The highest BCUT2D eigenvalue weighted by Crippen LogP contribution is 2.65. The maximum absolute atomic E-state index is 13.7. The van der Waals surface area contributed by atoms with E-state index in [0.717, 1.165) is 19.5 Å². The topological polar surface area (TPSA) is 51.1 Å². The van der Waals surface area contributed by atoms with Crippen LogP contribution in [-0.2, 0) is 14.3 Å². The Morgan fingerprint density at radius 2 is 1.44 bits per heavy atom.